The van der Waals surface area contributed by atoms with E-state index in [0.29, 0.717) is 24.6 Å². The molecule has 7 nitrogen and oxygen atoms in total. The summed E-state index contributed by atoms with van der Waals surface area (Å²) >= 11 is 0. The van der Waals surface area contributed by atoms with Crippen molar-refractivity contribution in [3.05, 3.63) is 52.8 Å². The van der Waals surface area contributed by atoms with Crippen LogP contribution >= 0.6 is 0 Å². The summed E-state index contributed by atoms with van der Waals surface area (Å²) in [5.74, 6) is 1.11. The molecule has 152 valence electrons. The van der Waals surface area contributed by atoms with E-state index in [1.807, 2.05) is 50.0 Å². The summed E-state index contributed by atoms with van der Waals surface area (Å²) in [5, 5.41) is 10.8. The van der Waals surface area contributed by atoms with Crippen molar-refractivity contribution < 1.29 is 4.79 Å². The van der Waals surface area contributed by atoms with Crippen molar-refractivity contribution in [1.82, 2.24) is 25.3 Å². The van der Waals surface area contributed by atoms with Gasteiger partial charge in [-0.2, -0.15) is 5.10 Å². The highest BCUT2D eigenvalue weighted by atomic mass is 16.1. The molecule has 0 fully saturated rings. The topological polar surface area (TPSA) is 74.6 Å². The number of amides is 1. The molecule has 0 radical (unpaired) electrons. The lowest BCUT2D eigenvalue weighted by Crippen LogP contribution is -2.38. The van der Waals surface area contributed by atoms with Crippen LogP contribution in [0.3, 0.4) is 0 Å². The first-order chi connectivity index (χ1) is 13.3. The van der Waals surface area contributed by atoms with Crippen molar-refractivity contribution in [2.45, 2.75) is 39.8 Å². The Morgan fingerprint density at radius 1 is 1.32 bits per heavy atom. The molecule has 7 heteroatoms. The quantitative estimate of drug-likeness (QED) is 0.568. The summed E-state index contributed by atoms with van der Waals surface area (Å²) in [5.41, 5.74) is 4.00. The summed E-state index contributed by atoms with van der Waals surface area (Å²) in [7, 11) is 5.73. The van der Waals surface area contributed by atoms with Crippen LogP contribution < -0.4 is 10.6 Å². The van der Waals surface area contributed by atoms with Gasteiger partial charge in [0.25, 0.3) is 5.91 Å². The Hall–Kier alpha value is -2.83. The Morgan fingerprint density at radius 2 is 2.07 bits per heavy atom. The maximum Gasteiger partial charge on any atom is 0.251 e. The smallest absolute Gasteiger partial charge is 0.251 e. The number of benzene rings is 1. The van der Waals surface area contributed by atoms with Crippen LogP contribution in [0.5, 0.6) is 0 Å². The second-order valence-corrected chi connectivity index (χ2v) is 7.18. The van der Waals surface area contributed by atoms with Crippen molar-refractivity contribution in [2.24, 2.45) is 12.0 Å². The second-order valence-electron chi connectivity index (χ2n) is 7.18. The van der Waals surface area contributed by atoms with Crippen molar-refractivity contribution >= 4 is 11.9 Å². The molecule has 1 amide bonds. The number of nitrogens with one attached hydrogen (secondary N) is 2. The molecule has 0 spiro atoms. The van der Waals surface area contributed by atoms with E-state index in [1.165, 1.54) is 5.56 Å². The molecule has 2 aromatic rings. The zero-order chi connectivity index (χ0) is 20.7. The van der Waals surface area contributed by atoms with E-state index in [9.17, 15) is 4.79 Å². The molecule has 0 aliphatic carbocycles. The molecule has 0 unspecified atom stereocenters. The van der Waals surface area contributed by atoms with Crippen LogP contribution in [0.1, 0.15) is 53.9 Å². The minimum atomic E-state index is -0.0522. The van der Waals surface area contributed by atoms with Crippen LogP contribution in [0.4, 0.5) is 0 Å². The minimum absolute atomic E-state index is 0.0522. The molecule has 1 heterocycles. The van der Waals surface area contributed by atoms with E-state index in [0.717, 1.165) is 23.8 Å². The van der Waals surface area contributed by atoms with E-state index in [-0.39, 0.29) is 5.91 Å². The summed E-state index contributed by atoms with van der Waals surface area (Å²) in [6.07, 6.45) is 2.06. The average molecular weight is 385 g/mol. The first-order valence-corrected chi connectivity index (χ1v) is 9.67. The summed E-state index contributed by atoms with van der Waals surface area (Å²) in [6.45, 7) is 8.15. The first-order valence-electron chi connectivity index (χ1n) is 9.67. The number of guanidine groups is 1. The molecule has 2 rings (SSSR count). The number of nitrogens with zero attached hydrogens (tertiary/aromatic N) is 4. The molecule has 0 aliphatic heterocycles. The van der Waals surface area contributed by atoms with Gasteiger partial charge in [-0.1, -0.05) is 26.0 Å². The van der Waals surface area contributed by atoms with Crippen LogP contribution in [0.2, 0.25) is 0 Å². The molecular weight excluding hydrogens is 352 g/mol. The largest absolute Gasteiger partial charge is 0.352 e. The Morgan fingerprint density at radius 3 is 2.71 bits per heavy atom. The van der Waals surface area contributed by atoms with Gasteiger partial charge in [0.2, 0.25) is 0 Å². The van der Waals surface area contributed by atoms with Gasteiger partial charge < -0.3 is 15.5 Å². The first kappa shape index (κ1) is 21.5. The maximum atomic E-state index is 12.0. The van der Waals surface area contributed by atoms with Crippen molar-refractivity contribution in [3.63, 3.8) is 0 Å². The number of carbonyl (C=O) groups excluding carboxylic acids is 1. The molecule has 0 saturated heterocycles. The number of aryl methyl sites for hydroxylation is 1. The van der Waals surface area contributed by atoms with Gasteiger partial charge in [0, 0.05) is 58.1 Å². The average Bonchev–Trinajstić information content (AvgIpc) is 3.03. The monoisotopic (exact) mass is 384 g/mol. The Bertz CT molecular complexity index is 824. The van der Waals surface area contributed by atoms with E-state index >= 15 is 0 Å². The minimum Gasteiger partial charge on any atom is -0.352 e. The van der Waals surface area contributed by atoms with E-state index in [1.54, 1.807) is 7.05 Å². The molecular formula is C21H32N6O. The highest BCUT2D eigenvalue weighted by molar-refractivity contribution is 5.94. The maximum absolute atomic E-state index is 12.0. The van der Waals surface area contributed by atoms with Gasteiger partial charge in [-0.25, -0.2) is 0 Å². The number of hydrogen-bond donors (Lipinski definition) is 2. The van der Waals surface area contributed by atoms with Crippen LogP contribution in [0.15, 0.2) is 35.5 Å². The molecule has 0 atom stereocenters. The lowest BCUT2D eigenvalue weighted by atomic mass is 10.1. The van der Waals surface area contributed by atoms with Gasteiger partial charge in [-0.05, 0) is 30.5 Å². The predicted octanol–water partition coefficient (Wildman–Crippen LogP) is 2.50. The molecule has 1 aromatic heterocycles. The molecule has 0 aliphatic rings. The highest BCUT2D eigenvalue weighted by Crippen LogP contribution is 2.18. The summed E-state index contributed by atoms with van der Waals surface area (Å²) in [6, 6.07) is 7.63. The molecule has 28 heavy (non-hydrogen) atoms. The number of hydrogen-bond acceptors (Lipinski definition) is 3. The third kappa shape index (κ3) is 5.58. The zero-order valence-electron chi connectivity index (χ0n) is 17.8. The van der Waals surface area contributed by atoms with Crippen LogP contribution in [0, 0.1) is 0 Å². The van der Waals surface area contributed by atoms with Gasteiger partial charge in [0.1, 0.15) is 0 Å². The third-order valence-electron chi connectivity index (χ3n) is 4.44. The van der Waals surface area contributed by atoms with Gasteiger partial charge in [-0.3, -0.25) is 14.5 Å². The van der Waals surface area contributed by atoms with Crippen molar-refractivity contribution in [3.8, 4) is 0 Å². The number of aromatic nitrogens is 2. The molecule has 2 N–H and O–H groups in total. The molecule has 0 bridgehead atoms. The normalized spacial score (nSPS) is 11.6. The Kier molecular flexibility index (Phi) is 7.61. The van der Waals surface area contributed by atoms with E-state index in [2.05, 4.69) is 45.7 Å². The van der Waals surface area contributed by atoms with E-state index in [4.69, 9.17) is 0 Å². The Labute approximate surface area is 167 Å². The second kappa shape index (κ2) is 9.92. The van der Waals surface area contributed by atoms with E-state index < -0.39 is 0 Å². The third-order valence-corrected chi connectivity index (χ3v) is 4.44. The zero-order valence-corrected chi connectivity index (χ0v) is 17.8. The number of aliphatic imine (C=N–C) groups is 1. The van der Waals surface area contributed by atoms with Gasteiger partial charge in [-0.15, -0.1) is 0 Å². The van der Waals surface area contributed by atoms with Crippen molar-refractivity contribution in [2.75, 3.05) is 20.6 Å². The van der Waals surface area contributed by atoms with Crippen LogP contribution in [-0.4, -0.2) is 47.2 Å². The Balaban J connectivity index is 2.03. The SMILES string of the molecule is CCNC(=O)c1cccc(CNC(=NC)N(C)Cc2cn(C)nc2C(C)C)c1. The molecule has 0 saturated carbocycles. The standard InChI is InChI=1S/C21H32N6O/c1-7-23-20(28)17-10-8-9-16(11-17)12-24-21(22-4)26(5)13-18-14-27(6)25-19(18)15(2)3/h8-11,14-15H,7,12-13H2,1-6H3,(H,22,24)(H,23,28). The van der Waals surface area contributed by atoms with Gasteiger partial charge in [0.15, 0.2) is 5.96 Å². The summed E-state index contributed by atoms with van der Waals surface area (Å²) < 4.78 is 1.86. The number of carbonyl (C=O) groups is 1. The fourth-order valence-electron chi connectivity index (χ4n) is 3.14. The fraction of sp³-hybridized carbons (Fsp3) is 0.476. The van der Waals surface area contributed by atoms with Crippen molar-refractivity contribution in [1.29, 1.82) is 0 Å². The predicted molar refractivity (Wildman–Crippen MR) is 113 cm³/mol. The lowest BCUT2D eigenvalue weighted by Gasteiger charge is -2.22. The van der Waals surface area contributed by atoms with Crippen LogP contribution in [-0.2, 0) is 20.1 Å². The van der Waals surface area contributed by atoms with Gasteiger partial charge >= 0.3 is 0 Å². The van der Waals surface area contributed by atoms with Gasteiger partial charge in [0.05, 0.1) is 5.69 Å². The van der Waals surface area contributed by atoms with Crippen LogP contribution in [0.25, 0.3) is 0 Å². The fourth-order valence-corrected chi connectivity index (χ4v) is 3.14. The lowest BCUT2D eigenvalue weighted by molar-refractivity contribution is 0.0955. The highest BCUT2D eigenvalue weighted by Gasteiger charge is 2.15. The molecule has 1 aromatic carbocycles. The summed E-state index contributed by atoms with van der Waals surface area (Å²) in [4.78, 5) is 18.5. The number of rotatable bonds is 7.